The van der Waals surface area contributed by atoms with Crippen LogP contribution in [0.25, 0.3) is 0 Å². The molecule has 4 nitrogen and oxygen atoms in total. The fraction of sp³-hybridized carbons (Fsp3) is 0.600. The standard InChI is InChI=1S/C20H29N3OS/c1-15(2)8-9-19-21-20(24-22-19)14-23-12-10-17(11-13-23)25-18-7-5-4-6-16(18)3/h4-7,15,17H,8-14H2,1-3H3. The van der Waals surface area contributed by atoms with Gasteiger partial charge in [-0.2, -0.15) is 4.98 Å². The lowest BCUT2D eigenvalue weighted by atomic mass is 10.1. The van der Waals surface area contributed by atoms with Crippen LogP contribution in [-0.2, 0) is 13.0 Å². The van der Waals surface area contributed by atoms with Gasteiger partial charge in [0.05, 0.1) is 6.54 Å². The van der Waals surface area contributed by atoms with Crippen LogP contribution in [0.1, 0.15) is 50.4 Å². The minimum absolute atomic E-state index is 0.673. The van der Waals surface area contributed by atoms with Crippen LogP contribution in [0, 0.1) is 12.8 Å². The van der Waals surface area contributed by atoms with Crippen LogP contribution in [0.15, 0.2) is 33.7 Å². The van der Waals surface area contributed by atoms with Gasteiger partial charge in [-0.15, -0.1) is 11.8 Å². The number of benzene rings is 1. The molecule has 1 aliphatic rings. The van der Waals surface area contributed by atoms with Crippen molar-refractivity contribution in [1.29, 1.82) is 0 Å². The van der Waals surface area contributed by atoms with E-state index in [2.05, 4.69) is 60.1 Å². The van der Waals surface area contributed by atoms with Crippen molar-refractivity contribution in [2.24, 2.45) is 5.92 Å². The molecule has 3 rings (SSSR count). The second kappa shape index (κ2) is 8.86. The summed E-state index contributed by atoms with van der Waals surface area (Å²) in [6.07, 6.45) is 4.46. The van der Waals surface area contributed by atoms with Crippen LogP contribution >= 0.6 is 11.8 Å². The summed E-state index contributed by atoms with van der Waals surface area (Å²) < 4.78 is 5.43. The van der Waals surface area contributed by atoms with Crippen molar-refractivity contribution in [2.75, 3.05) is 13.1 Å². The molecule has 0 atom stereocenters. The molecule has 1 fully saturated rings. The maximum Gasteiger partial charge on any atom is 0.240 e. The third kappa shape index (κ3) is 5.58. The molecule has 0 N–H and O–H groups in total. The fourth-order valence-corrected chi connectivity index (χ4v) is 4.34. The van der Waals surface area contributed by atoms with E-state index in [1.807, 2.05) is 11.8 Å². The topological polar surface area (TPSA) is 42.2 Å². The summed E-state index contributed by atoms with van der Waals surface area (Å²) in [5.41, 5.74) is 1.38. The lowest BCUT2D eigenvalue weighted by molar-refractivity contribution is 0.196. The molecule has 1 aromatic carbocycles. The quantitative estimate of drug-likeness (QED) is 0.715. The molecule has 1 saturated heterocycles. The smallest absolute Gasteiger partial charge is 0.240 e. The first-order valence-electron chi connectivity index (χ1n) is 9.36. The van der Waals surface area contributed by atoms with Crippen molar-refractivity contribution in [2.45, 2.75) is 63.1 Å². The summed E-state index contributed by atoms with van der Waals surface area (Å²) in [4.78, 5) is 8.41. The van der Waals surface area contributed by atoms with Crippen molar-refractivity contribution in [3.63, 3.8) is 0 Å². The van der Waals surface area contributed by atoms with Crippen LogP contribution in [0.4, 0.5) is 0 Å². The van der Waals surface area contributed by atoms with E-state index in [-0.39, 0.29) is 0 Å². The molecule has 1 aliphatic heterocycles. The van der Waals surface area contributed by atoms with Gasteiger partial charge in [0.2, 0.25) is 5.89 Å². The highest BCUT2D eigenvalue weighted by Crippen LogP contribution is 2.32. The zero-order valence-electron chi connectivity index (χ0n) is 15.6. The van der Waals surface area contributed by atoms with E-state index in [0.29, 0.717) is 11.2 Å². The van der Waals surface area contributed by atoms with Crippen molar-refractivity contribution in [3.8, 4) is 0 Å². The zero-order chi connectivity index (χ0) is 17.6. The molecule has 0 amide bonds. The molecule has 5 heteroatoms. The number of likely N-dealkylation sites (tertiary alicyclic amines) is 1. The molecule has 0 unspecified atom stereocenters. The Morgan fingerprint density at radius 3 is 2.72 bits per heavy atom. The Kier molecular flexibility index (Phi) is 6.54. The monoisotopic (exact) mass is 359 g/mol. The molecule has 0 aliphatic carbocycles. The Morgan fingerprint density at radius 1 is 1.24 bits per heavy atom. The summed E-state index contributed by atoms with van der Waals surface area (Å²) in [5.74, 6) is 2.30. The molecule has 1 aromatic heterocycles. The van der Waals surface area contributed by atoms with Gasteiger partial charge < -0.3 is 4.52 Å². The minimum Gasteiger partial charge on any atom is -0.338 e. The first kappa shape index (κ1) is 18.5. The SMILES string of the molecule is Cc1ccccc1SC1CCN(Cc2nc(CCC(C)C)no2)CC1. The van der Waals surface area contributed by atoms with Gasteiger partial charge in [-0.25, -0.2) is 0 Å². The normalized spacial score (nSPS) is 16.6. The van der Waals surface area contributed by atoms with E-state index >= 15 is 0 Å². The molecule has 136 valence electrons. The number of rotatable bonds is 7. The largest absolute Gasteiger partial charge is 0.338 e. The van der Waals surface area contributed by atoms with Gasteiger partial charge in [-0.1, -0.05) is 37.2 Å². The van der Waals surface area contributed by atoms with Gasteiger partial charge in [0, 0.05) is 16.6 Å². The summed E-state index contributed by atoms with van der Waals surface area (Å²) in [5, 5.41) is 4.83. The second-order valence-corrected chi connectivity index (χ2v) is 8.74. The lowest BCUT2D eigenvalue weighted by Crippen LogP contribution is -2.34. The summed E-state index contributed by atoms with van der Waals surface area (Å²) in [6, 6.07) is 8.69. The third-order valence-corrected chi connectivity index (χ3v) is 6.25. The number of nitrogens with zero attached hydrogens (tertiary/aromatic N) is 3. The summed E-state index contributed by atoms with van der Waals surface area (Å²) in [7, 11) is 0. The Hall–Kier alpha value is -1.33. The van der Waals surface area contributed by atoms with E-state index in [0.717, 1.165) is 44.2 Å². The Labute approximate surface area is 155 Å². The van der Waals surface area contributed by atoms with Crippen LogP contribution in [0.5, 0.6) is 0 Å². The number of thioether (sulfide) groups is 1. The number of aromatic nitrogens is 2. The van der Waals surface area contributed by atoms with Crippen LogP contribution in [-0.4, -0.2) is 33.4 Å². The van der Waals surface area contributed by atoms with Crippen LogP contribution < -0.4 is 0 Å². The highest BCUT2D eigenvalue weighted by atomic mass is 32.2. The van der Waals surface area contributed by atoms with Crippen molar-refractivity contribution in [3.05, 3.63) is 41.5 Å². The number of hydrogen-bond donors (Lipinski definition) is 0. The van der Waals surface area contributed by atoms with E-state index < -0.39 is 0 Å². The molecule has 0 radical (unpaired) electrons. The van der Waals surface area contributed by atoms with Gasteiger partial charge in [-0.3, -0.25) is 4.90 Å². The predicted octanol–water partition coefficient (Wildman–Crippen LogP) is 4.72. The van der Waals surface area contributed by atoms with E-state index in [1.54, 1.807) is 0 Å². The van der Waals surface area contributed by atoms with Gasteiger partial charge >= 0.3 is 0 Å². The zero-order valence-corrected chi connectivity index (χ0v) is 16.4. The van der Waals surface area contributed by atoms with Crippen LogP contribution in [0.3, 0.4) is 0 Å². The molecular formula is C20H29N3OS. The molecule has 2 heterocycles. The Balaban J connectivity index is 1.44. The maximum absolute atomic E-state index is 5.43. The van der Waals surface area contributed by atoms with Crippen molar-refractivity contribution in [1.82, 2.24) is 15.0 Å². The lowest BCUT2D eigenvalue weighted by Gasteiger charge is -2.30. The van der Waals surface area contributed by atoms with Gasteiger partial charge in [0.25, 0.3) is 0 Å². The highest BCUT2D eigenvalue weighted by Gasteiger charge is 2.22. The minimum atomic E-state index is 0.673. The van der Waals surface area contributed by atoms with Crippen molar-refractivity contribution < 1.29 is 4.52 Å². The first-order valence-corrected chi connectivity index (χ1v) is 10.2. The average Bonchev–Trinajstić information content (AvgIpc) is 3.04. The molecule has 0 spiro atoms. The van der Waals surface area contributed by atoms with E-state index in [4.69, 9.17) is 4.52 Å². The van der Waals surface area contributed by atoms with Crippen molar-refractivity contribution >= 4 is 11.8 Å². The van der Waals surface area contributed by atoms with E-state index in [9.17, 15) is 0 Å². The number of piperidine rings is 1. The summed E-state index contributed by atoms with van der Waals surface area (Å²) in [6.45, 7) is 9.64. The number of aryl methyl sites for hydroxylation is 2. The highest BCUT2D eigenvalue weighted by molar-refractivity contribution is 8.00. The molecule has 0 bridgehead atoms. The Bertz CT molecular complexity index is 662. The van der Waals surface area contributed by atoms with Gasteiger partial charge in [-0.05, 0) is 56.8 Å². The van der Waals surface area contributed by atoms with E-state index in [1.165, 1.54) is 23.3 Å². The molecular weight excluding hydrogens is 330 g/mol. The Morgan fingerprint density at radius 2 is 2.00 bits per heavy atom. The second-order valence-electron chi connectivity index (χ2n) is 7.40. The molecule has 25 heavy (non-hydrogen) atoms. The number of hydrogen-bond acceptors (Lipinski definition) is 5. The van der Waals surface area contributed by atoms with Crippen LogP contribution in [0.2, 0.25) is 0 Å². The first-order chi connectivity index (χ1) is 12.1. The molecule has 2 aromatic rings. The predicted molar refractivity (Wildman–Crippen MR) is 103 cm³/mol. The third-order valence-electron chi connectivity index (χ3n) is 4.74. The fourth-order valence-electron chi connectivity index (χ4n) is 3.12. The summed E-state index contributed by atoms with van der Waals surface area (Å²) >= 11 is 2.03. The maximum atomic E-state index is 5.43. The van der Waals surface area contributed by atoms with Gasteiger partial charge in [0.15, 0.2) is 5.82 Å². The molecule has 0 saturated carbocycles. The van der Waals surface area contributed by atoms with Gasteiger partial charge in [0.1, 0.15) is 0 Å². The average molecular weight is 360 g/mol.